The number of hydrogen-bond donors (Lipinski definition) is 2. The van der Waals surface area contributed by atoms with Crippen molar-refractivity contribution in [1.29, 1.82) is 0 Å². The summed E-state index contributed by atoms with van der Waals surface area (Å²) in [7, 11) is -3.63. The topological polar surface area (TPSA) is 112 Å². The maximum absolute atomic E-state index is 12.4. The first-order valence-electron chi connectivity index (χ1n) is 6.58. The number of nitrogens with zero attached hydrogens (tertiary/aromatic N) is 3. The molecule has 0 bridgehead atoms. The first-order chi connectivity index (χ1) is 9.50. The maximum atomic E-state index is 12.4. The third kappa shape index (κ3) is 2.27. The normalized spacial score (nSPS) is 21.1. The van der Waals surface area contributed by atoms with E-state index < -0.39 is 10.0 Å². The molecule has 1 amide bonds. The molecule has 3 rings (SSSR count). The molecule has 2 aliphatic rings. The second kappa shape index (κ2) is 4.74. The molecule has 0 spiro atoms. The van der Waals surface area contributed by atoms with Crippen LogP contribution in [-0.2, 0) is 14.8 Å². The van der Waals surface area contributed by atoms with Gasteiger partial charge in [-0.1, -0.05) is 0 Å². The molecule has 0 unspecified atom stereocenters. The lowest BCUT2D eigenvalue weighted by atomic mass is 10.3. The lowest BCUT2D eigenvalue weighted by molar-refractivity contribution is -0.133. The standard InChI is InChI=1S/C11H17N5O3S/c12-10-9(7-13-14-10)20(18,19)16-5-3-15(4-6-16)11(17)8-1-2-8/h7-8H,1-6H2,(H3,12,13,14). The summed E-state index contributed by atoms with van der Waals surface area (Å²) in [5.41, 5.74) is 5.57. The summed E-state index contributed by atoms with van der Waals surface area (Å²) >= 11 is 0. The number of piperazine rings is 1. The van der Waals surface area contributed by atoms with Gasteiger partial charge < -0.3 is 10.6 Å². The summed E-state index contributed by atoms with van der Waals surface area (Å²) in [6.07, 6.45) is 3.14. The summed E-state index contributed by atoms with van der Waals surface area (Å²) in [6, 6.07) is 0. The highest BCUT2D eigenvalue weighted by atomic mass is 32.2. The number of aromatic amines is 1. The SMILES string of the molecule is Nc1[nH]ncc1S(=O)(=O)N1CCN(C(=O)C2CC2)CC1. The van der Waals surface area contributed by atoms with E-state index in [1.165, 1.54) is 10.5 Å². The number of nitrogens with one attached hydrogen (secondary N) is 1. The van der Waals surface area contributed by atoms with Crippen molar-refractivity contribution in [2.24, 2.45) is 5.92 Å². The fourth-order valence-corrected chi connectivity index (χ4v) is 3.80. The zero-order valence-corrected chi connectivity index (χ0v) is 11.8. The molecule has 0 atom stereocenters. The van der Waals surface area contributed by atoms with Gasteiger partial charge in [-0.15, -0.1) is 0 Å². The van der Waals surface area contributed by atoms with Gasteiger partial charge in [-0.2, -0.15) is 9.40 Å². The molecule has 2 heterocycles. The first-order valence-corrected chi connectivity index (χ1v) is 8.02. The Kier molecular flexibility index (Phi) is 3.17. The molecule has 0 radical (unpaired) electrons. The maximum Gasteiger partial charge on any atom is 0.248 e. The Labute approximate surface area is 117 Å². The molecule has 2 fully saturated rings. The van der Waals surface area contributed by atoms with Crippen molar-refractivity contribution >= 4 is 21.7 Å². The number of nitrogens with two attached hydrogens (primary N) is 1. The molecule has 8 nitrogen and oxygen atoms in total. The van der Waals surface area contributed by atoms with Crippen LogP contribution in [0.15, 0.2) is 11.1 Å². The van der Waals surface area contributed by atoms with Gasteiger partial charge in [0.1, 0.15) is 10.7 Å². The van der Waals surface area contributed by atoms with Crippen LogP contribution < -0.4 is 5.73 Å². The molecule has 1 aliphatic carbocycles. The molecule has 3 N–H and O–H groups in total. The summed E-state index contributed by atoms with van der Waals surface area (Å²) in [6.45, 7) is 1.47. The number of amides is 1. The molecule has 1 aromatic rings. The van der Waals surface area contributed by atoms with Gasteiger partial charge >= 0.3 is 0 Å². The van der Waals surface area contributed by atoms with Gasteiger partial charge in [0.05, 0.1) is 6.20 Å². The molecule has 1 saturated heterocycles. The van der Waals surface area contributed by atoms with Crippen LogP contribution in [0.5, 0.6) is 0 Å². The molecule has 110 valence electrons. The van der Waals surface area contributed by atoms with Crippen LogP contribution in [0.3, 0.4) is 0 Å². The third-order valence-corrected chi connectivity index (χ3v) is 5.65. The van der Waals surface area contributed by atoms with E-state index in [4.69, 9.17) is 5.73 Å². The van der Waals surface area contributed by atoms with Crippen molar-refractivity contribution in [3.05, 3.63) is 6.20 Å². The summed E-state index contributed by atoms with van der Waals surface area (Å²) in [4.78, 5) is 13.7. The Morgan fingerprint density at radius 3 is 2.45 bits per heavy atom. The predicted octanol–water partition coefficient (Wildman–Crippen LogP) is -0.765. The predicted molar refractivity (Wildman–Crippen MR) is 71.1 cm³/mol. The van der Waals surface area contributed by atoms with Gasteiger partial charge in [0.25, 0.3) is 0 Å². The fraction of sp³-hybridized carbons (Fsp3) is 0.636. The third-order valence-electron chi connectivity index (χ3n) is 3.73. The Morgan fingerprint density at radius 2 is 1.95 bits per heavy atom. The Balaban J connectivity index is 1.68. The van der Waals surface area contributed by atoms with Gasteiger partial charge in [-0.3, -0.25) is 9.89 Å². The molecule has 0 aromatic carbocycles. The van der Waals surface area contributed by atoms with E-state index in [0.29, 0.717) is 26.2 Å². The van der Waals surface area contributed by atoms with Crippen molar-refractivity contribution in [1.82, 2.24) is 19.4 Å². The lowest BCUT2D eigenvalue weighted by Crippen LogP contribution is -2.50. The van der Waals surface area contributed by atoms with Crippen molar-refractivity contribution in [2.75, 3.05) is 31.9 Å². The smallest absolute Gasteiger partial charge is 0.248 e. The zero-order chi connectivity index (χ0) is 14.3. The minimum atomic E-state index is -3.63. The summed E-state index contributed by atoms with van der Waals surface area (Å²) in [5.74, 6) is 0.369. The highest BCUT2D eigenvalue weighted by molar-refractivity contribution is 7.89. The number of nitrogen functional groups attached to an aromatic ring is 1. The molecule has 9 heteroatoms. The number of carbonyl (C=O) groups is 1. The molecular formula is C11H17N5O3S. The second-order valence-electron chi connectivity index (χ2n) is 5.15. The van der Waals surface area contributed by atoms with Gasteiger partial charge in [-0.25, -0.2) is 8.42 Å². The number of anilines is 1. The van der Waals surface area contributed by atoms with Gasteiger partial charge in [0.15, 0.2) is 0 Å². The van der Waals surface area contributed by atoms with Crippen LogP contribution in [0.1, 0.15) is 12.8 Å². The number of carbonyl (C=O) groups excluding carboxylic acids is 1. The summed E-state index contributed by atoms with van der Waals surface area (Å²) in [5, 5.41) is 6.06. The van der Waals surface area contributed by atoms with Gasteiger partial charge in [0, 0.05) is 32.1 Å². The van der Waals surface area contributed by atoms with Crippen molar-refractivity contribution in [2.45, 2.75) is 17.7 Å². The molecule has 1 saturated carbocycles. The van der Waals surface area contributed by atoms with E-state index in [9.17, 15) is 13.2 Å². The number of H-pyrrole nitrogens is 1. The van der Waals surface area contributed by atoms with Crippen LogP contribution in [0.25, 0.3) is 0 Å². The number of sulfonamides is 1. The summed E-state index contributed by atoms with van der Waals surface area (Å²) < 4.78 is 26.1. The Bertz CT molecular complexity index is 614. The minimum Gasteiger partial charge on any atom is -0.383 e. The monoisotopic (exact) mass is 299 g/mol. The zero-order valence-electron chi connectivity index (χ0n) is 10.9. The van der Waals surface area contributed by atoms with E-state index >= 15 is 0 Å². The van der Waals surface area contributed by atoms with Crippen molar-refractivity contribution < 1.29 is 13.2 Å². The van der Waals surface area contributed by atoms with Crippen LogP contribution in [0, 0.1) is 5.92 Å². The van der Waals surface area contributed by atoms with E-state index in [2.05, 4.69) is 10.2 Å². The quantitative estimate of drug-likeness (QED) is 0.761. The van der Waals surface area contributed by atoms with Crippen LogP contribution in [0.4, 0.5) is 5.82 Å². The average Bonchev–Trinajstić information content (AvgIpc) is 3.20. The molecule has 1 aliphatic heterocycles. The van der Waals surface area contributed by atoms with Crippen LogP contribution >= 0.6 is 0 Å². The molecule has 20 heavy (non-hydrogen) atoms. The largest absolute Gasteiger partial charge is 0.383 e. The number of rotatable bonds is 3. The average molecular weight is 299 g/mol. The van der Waals surface area contributed by atoms with E-state index in [0.717, 1.165) is 12.8 Å². The van der Waals surface area contributed by atoms with E-state index in [1.54, 1.807) is 4.90 Å². The van der Waals surface area contributed by atoms with E-state index in [-0.39, 0.29) is 22.5 Å². The first kappa shape index (κ1) is 13.4. The van der Waals surface area contributed by atoms with Crippen LogP contribution in [0.2, 0.25) is 0 Å². The Morgan fingerprint density at radius 1 is 1.30 bits per heavy atom. The van der Waals surface area contributed by atoms with Gasteiger partial charge in [0.2, 0.25) is 15.9 Å². The second-order valence-corrected chi connectivity index (χ2v) is 7.06. The highest BCUT2D eigenvalue weighted by Crippen LogP contribution is 2.31. The van der Waals surface area contributed by atoms with Crippen molar-refractivity contribution in [3.8, 4) is 0 Å². The van der Waals surface area contributed by atoms with Gasteiger partial charge in [-0.05, 0) is 12.8 Å². The molecule has 1 aromatic heterocycles. The number of aromatic nitrogens is 2. The van der Waals surface area contributed by atoms with E-state index in [1.807, 2.05) is 0 Å². The number of hydrogen-bond acceptors (Lipinski definition) is 5. The molecular weight excluding hydrogens is 282 g/mol. The highest BCUT2D eigenvalue weighted by Gasteiger charge is 2.37. The fourth-order valence-electron chi connectivity index (χ4n) is 2.37. The Hall–Kier alpha value is -1.61. The van der Waals surface area contributed by atoms with Crippen LogP contribution in [-0.4, -0.2) is 59.9 Å². The minimum absolute atomic E-state index is 0.000491. The lowest BCUT2D eigenvalue weighted by Gasteiger charge is -2.33. The van der Waals surface area contributed by atoms with Crippen molar-refractivity contribution in [3.63, 3.8) is 0 Å².